The van der Waals surface area contributed by atoms with Gasteiger partial charge in [-0.3, -0.25) is 0 Å². The van der Waals surface area contributed by atoms with Crippen LogP contribution in [0.3, 0.4) is 0 Å². The summed E-state index contributed by atoms with van der Waals surface area (Å²) in [5.41, 5.74) is 0. The summed E-state index contributed by atoms with van der Waals surface area (Å²) in [5, 5.41) is 5.99. The molecule has 0 aromatic heterocycles. The molecule has 0 unspecified atom stereocenters. The second-order valence-electron chi connectivity index (χ2n) is 5.37. The Bertz CT molecular complexity index is 515. The van der Waals surface area contributed by atoms with E-state index in [1.807, 2.05) is 13.8 Å². The zero-order chi connectivity index (χ0) is 15.6. The molecular weight excluding hydrogens is 289 g/mol. The molecule has 3 heteroatoms. The zero-order valence-corrected chi connectivity index (χ0v) is 14.2. The average Bonchev–Trinajstić information content (AvgIpc) is 2.55. The Kier molecular flexibility index (Phi) is 7.12. The molecule has 0 aliphatic carbocycles. The van der Waals surface area contributed by atoms with Crippen molar-refractivity contribution in [1.82, 2.24) is 5.32 Å². The fraction of sp³-hybridized carbons (Fsp3) is 0.316. The number of nitrogens with one attached hydrogen (secondary N) is 1. The number of rotatable bonds is 8. The number of hydrogen-bond donors (Lipinski definition) is 1. The molecule has 0 bridgehead atoms. The summed E-state index contributed by atoms with van der Waals surface area (Å²) in [4.78, 5) is 0. The van der Waals surface area contributed by atoms with Crippen LogP contribution in [0.2, 0.25) is 0 Å². The normalized spacial score (nSPS) is 11.5. The van der Waals surface area contributed by atoms with E-state index < -0.39 is 0 Å². The average molecular weight is 313 g/mol. The third-order valence-corrected chi connectivity index (χ3v) is 5.79. The first kappa shape index (κ1) is 16.7. The van der Waals surface area contributed by atoms with E-state index >= 15 is 0 Å². The van der Waals surface area contributed by atoms with Gasteiger partial charge < -0.3 is 9.74 Å². The van der Waals surface area contributed by atoms with Gasteiger partial charge in [-0.15, -0.1) is 0 Å². The van der Waals surface area contributed by atoms with Crippen LogP contribution in [-0.2, 0) is 4.42 Å². The summed E-state index contributed by atoms with van der Waals surface area (Å²) < 4.78 is 5.26. The lowest BCUT2D eigenvalue weighted by atomic mass is 10.4. The molecule has 0 saturated carbocycles. The first-order valence-electron chi connectivity index (χ1n) is 7.78. The Labute approximate surface area is 135 Å². The molecule has 0 aliphatic heterocycles. The minimum Gasteiger partial charge on any atom is -0.482 e. The van der Waals surface area contributed by atoms with Gasteiger partial charge in [0.15, 0.2) is 0 Å². The predicted molar refractivity (Wildman–Crippen MR) is 97.4 cm³/mol. The van der Waals surface area contributed by atoms with E-state index in [2.05, 4.69) is 72.4 Å². The fourth-order valence-electron chi connectivity index (χ4n) is 2.16. The van der Waals surface area contributed by atoms with Gasteiger partial charge in [0.05, 0.1) is 6.41 Å². The number of hydrogen-bond acceptors (Lipinski definition) is 0. The van der Waals surface area contributed by atoms with E-state index in [4.69, 9.17) is 4.42 Å². The van der Waals surface area contributed by atoms with Crippen molar-refractivity contribution in [1.29, 1.82) is 0 Å². The topological polar surface area (TPSA) is 23.3 Å². The Morgan fingerprint density at radius 3 is 2.00 bits per heavy atom. The molecule has 0 atom stereocenters. The van der Waals surface area contributed by atoms with Crippen LogP contribution in [0.5, 0.6) is 0 Å². The van der Waals surface area contributed by atoms with E-state index in [-0.39, 0.29) is 14.0 Å². The van der Waals surface area contributed by atoms with Crippen LogP contribution in [0.25, 0.3) is 0 Å². The molecule has 116 valence electrons. The smallest absolute Gasteiger partial charge is 0.224 e. The molecule has 2 rings (SSSR count). The van der Waals surface area contributed by atoms with E-state index in [1.165, 1.54) is 16.8 Å². The van der Waals surface area contributed by atoms with Crippen molar-refractivity contribution in [2.75, 3.05) is 12.7 Å². The SMILES string of the molecule is CC(C)[O+]=[C-]NCCCP(c1ccccc1)c1ccccc1. The quantitative estimate of drug-likeness (QED) is 0.254. The van der Waals surface area contributed by atoms with Crippen molar-refractivity contribution in [3.63, 3.8) is 0 Å². The molecule has 1 amide bonds. The van der Waals surface area contributed by atoms with Gasteiger partial charge in [0.1, 0.15) is 0 Å². The van der Waals surface area contributed by atoms with Crippen molar-refractivity contribution in [2.45, 2.75) is 26.4 Å². The van der Waals surface area contributed by atoms with Gasteiger partial charge in [0.2, 0.25) is 6.10 Å². The summed E-state index contributed by atoms with van der Waals surface area (Å²) in [5.74, 6) is 0. The van der Waals surface area contributed by atoms with Gasteiger partial charge in [-0.1, -0.05) is 60.7 Å². The van der Waals surface area contributed by atoms with Crippen LogP contribution in [0, 0.1) is 0 Å². The predicted octanol–water partition coefficient (Wildman–Crippen LogP) is 3.11. The summed E-state index contributed by atoms with van der Waals surface area (Å²) >= 11 is 0. The molecule has 0 saturated heterocycles. The number of carbonyl (C=O) groups excluding carboxylic acids is 1. The summed E-state index contributed by atoms with van der Waals surface area (Å²) in [6, 6.07) is 21.6. The van der Waals surface area contributed by atoms with Crippen LogP contribution >= 0.6 is 7.92 Å². The molecular formula is C19H24NOP. The van der Waals surface area contributed by atoms with Gasteiger partial charge >= 0.3 is 0 Å². The van der Waals surface area contributed by atoms with Crippen molar-refractivity contribution in [3.8, 4) is 0 Å². The molecule has 2 nitrogen and oxygen atoms in total. The number of benzene rings is 2. The molecule has 0 spiro atoms. The second kappa shape index (κ2) is 9.38. The standard InChI is InChI=1S/C19H24NOP/c1-17(2)21-16-20-14-9-15-22(18-10-5-3-6-11-18)19-12-7-4-8-13-19/h3-8,10-13,17,20H,9,14-15H2,1-2H3. The van der Waals surface area contributed by atoms with E-state index in [0.29, 0.717) is 0 Å². The molecule has 2 aromatic carbocycles. The third-order valence-electron chi connectivity index (χ3n) is 3.19. The van der Waals surface area contributed by atoms with Gasteiger partial charge in [0.25, 0.3) is 0 Å². The van der Waals surface area contributed by atoms with Crippen molar-refractivity contribution in [2.24, 2.45) is 0 Å². The molecule has 1 N–H and O–H groups in total. The van der Waals surface area contributed by atoms with Gasteiger partial charge in [-0.2, -0.15) is 0 Å². The molecule has 0 aliphatic rings. The minimum absolute atomic E-state index is 0.179. The Morgan fingerprint density at radius 1 is 0.955 bits per heavy atom. The summed E-state index contributed by atoms with van der Waals surface area (Å²) in [6.45, 7) is 4.89. The zero-order valence-electron chi connectivity index (χ0n) is 13.3. The van der Waals surface area contributed by atoms with Gasteiger partial charge in [-0.25, -0.2) is 0 Å². The van der Waals surface area contributed by atoms with E-state index in [0.717, 1.165) is 13.0 Å². The molecule has 0 radical (unpaired) electrons. The minimum atomic E-state index is -0.293. The maximum Gasteiger partial charge on any atom is 0.224 e. The molecule has 0 heterocycles. The highest BCUT2D eigenvalue weighted by Crippen LogP contribution is 2.33. The maximum absolute atomic E-state index is 5.26. The van der Waals surface area contributed by atoms with Crippen LogP contribution in [0.1, 0.15) is 20.3 Å². The monoisotopic (exact) mass is 313 g/mol. The lowest BCUT2D eigenvalue weighted by Gasteiger charge is -2.19. The van der Waals surface area contributed by atoms with Crippen LogP contribution in [0.4, 0.5) is 0 Å². The second-order valence-corrected chi connectivity index (χ2v) is 7.71. The van der Waals surface area contributed by atoms with E-state index in [1.54, 1.807) is 0 Å². The lowest BCUT2D eigenvalue weighted by Crippen LogP contribution is -2.19. The van der Waals surface area contributed by atoms with Crippen LogP contribution < -0.4 is 15.9 Å². The number of amides is 1. The van der Waals surface area contributed by atoms with Crippen LogP contribution in [0.15, 0.2) is 60.7 Å². The summed E-state index contributed by atoms with van der Waals surface area (Å²) in [6.07, 6.45) is 5.24. The van der Waals surface area contributed by atoms with Gasteiger partial charge in [-0.05, 0) is 37.7 Å². The molecule has 22 heavy (non-hydrogen) atoms. The highest BCUT2D eigenvalue weighted by molar-refractivity contribution is 7.73. The lowest BCUT2D eigenvalue weighted by molar-refractivity contribution is 0.0408. The Balaban J connectivity index is 1.95. The van der Waals surface area contributed by atoms with Gasteiger partial charge in [0, 0.05) is 13.8 Å². The fourth-order valence-corrected chi connectivity index (χ4v) is 4.51. The first-order valence-corrected chi connectivity index (χ1v) is 9.31. The molecule has 0 fully saturated rings. The summed E-state index contributed by atoms with van der Waals surface area (Å²) in [7, 11) is -0.293. The molecule has 2 aromatic rings. The highest BCUT2D eigenvalue weighted by Gasteiger charge is 2.12. The highest BCUT2D eigenvalue weighted by atomic mass is 31.1. The maximum atomic E-state index is 5.26. The largest absolute Gasteiger partial charge is 0.482 e. The van der Waals surface area contributed by atoms with Crippen molar-refractivity contribution >= 4 is 24.9 Å². The Hall–Kier alpha value is -1.66. The van der Waals surface area contributed by atoms with E-state index in [9.17, 15) is 0 Å². The van der Waals surface area contributed by atoms with Crippen molar-refractivity contribution in [3.05, 3.63) is 60.7 Å². The van der Waals surface area contributed by atoms with Crippen molar-refractivity contribution < 1.29 is 4.42 Å². The Morgan fingerprint density at radius 2 is 1.50 bits per heavy atom. The third kappa shape index (κ3) is 5.61. The first-order chi connectivity index (χ1) is 10.8. The van der Waals surface area contributed by atoms with Crippen LogP contribution in [-0.4, -0.2) is 25.2 Å².